The average molecular weight is 499 g/mol. The number of para-hydroxylation sites is 2. The number of rotatable bonds is 12. The fraction of sp³-hybridized carbons (Fsp3) is 0.231. The predicted octanol–water partition coefficient (Wildman–Crippen LogP) is 7.18. The number of benzene rings is 3. The van der Waals surface area contributed by atoms with Crippen LogP contribution in [0.2, 0.25) is 0 Å². The fourth-order valence-corrected chi connectivity index (χ4v) is 7.43. The number of allylic oxidation sites excluding steroid dienone is 1. The minimum absolute atomic E-state index is 0.0588. The van der Waals surface area contributed by atoms with Gasteiger partial charge >= 0.3 is 192 Å². The van der Waals surface area contributed by atoms with Gasteiger partial charge in [-0.15, -0.1) is 0 Å². The second kappa shape index (κ2) is 12.6. The summed E-state index contributed by atoms with van der Waals surface area (Å²) in [4.78, 5) is 0. The first-order valence-electron chi connectivity index (χ1n) is 10.7. The van der Waals surface area contributed by atoms with Gasteiger partial charge in [0.1, 0.15) is 0 Å². The molecule has 0 aliphatic rings. The van der Waals surface area contributed by atoms with E-state index in [1.54, 1.807) is 30.1 Å². The molecule has 0 bridgehead atoms. The predicted molar refractivity (Wildman–Crippen MR) is 130 cm³/mol. The van der Waals surface area contributed by atoms with E-state index in [4.69, 9.17) is 9.05 Å². The van der Waals surface area contributed by atoms with Gasteiger partial charge in [0.05, 0.1) is 0 Å². The molecule has 162 valence electrons. The van der Waals surface area contributed by atoms with Crippen LogP contribution in [-0.4, -0.2) is 15.0 Å². The van der Waals surface area contributed by atoms with Crippen LogP contribution in [0.3, 0.4) is 0 Å². The van der Waals surface area contributed by atoms with Crippen LogP contribution < -0.4 is 13.5 Å². The van der Waals surface area contributed by atoms with E-state index in [0.717, 1.165) is 17.3 Å². The summed E-state index contributed by atoms with van der Waals surface area (Å²) in [5.41, 5.74) is 0. The molecule has 0 spiro atoms. The maximum absolute atomic E-state index is 13.9. The van der Waals surface area contributed by atoms with Gasteiger partial charge in [-0.2, -0.15) is 0 Å². The van der Waals surface area contributed by atoms with Crippen molar-refractivity contribution in [2.24, 2.45) is 0 Å². The first-order chi connectivity index (χ1) is 15.2. The Hall–Kier alpha value is -2.25. The Balaban J connectivity index is 1.89. The minimum atomic E-state index is -3.56. The van der Waals surface area contributed by atoms with E-state index in [9.17, 15) is 4.57 Å². The van der Waals surface area contributed by atoms with E-state index in [-0.39, 0.29) is 15.0 Å². The SMILES string of the molecule is CCCCCC/C(=C/P(=O)(Oc1ccccc1)Oc1ccccc1)[Se]c1ccccc1. The van der Waals surface area contributed by atoms with Gasteiger partial charge in [0.15, 0.2) is 0 Å². The summed E-state index contributed by atoms with van der Waals surface area (Å²) in [5, 5.41) is 0. The molecule has 0 amide bonds. The van der Waals surface area contributed by atoms with Crippen LogP contribution in [0, 0.1) is 0 Å². The number of hydrogen-bond donors (Lipinski definition) is 0. The van der Waals surface area contributed by atoms with Gasteiger partial charge in [-0.3, -0.25) is 0 Å². The summed E-state index contributed by atoms with van der Waals surface area (Å²) in [5.74, 6) is 2.84. The molecule has 3 aromatic rings. The molecular formula is C26H29O3PSe. The Kier molecular flexibility index (Phi) is 9.49. The molecular weight excluding hydrogens is 470 g/mol. The van der Waals surface area contributed by atoms with Gasteiger partial charge in [-0.1, -0.05) is 0 Å². The van der Waals surface area contributed by atoms with Crippen LogP contribution in [0.15, 0.2) is 101 Å². The molecule has 0 aliphatic heterocycles. The average Bonchev–Trinajstić information content (AvgIpc) is 2.78. The zero-order valence-corrected chi connectivity index (χ0v) is 20.5. The van der Waals surface area contributed by atoms with Crippen molar-refractivity contribution in [3.8, 4) is 11.5 Å². The molecule has 31 heavy (non-hydrogen) atoms. The molecule has 0 saturated heterocycles. The fourth-order valence-electron chi connectivity index (χ4n) is 3.01. The van der Waals surface area contributed by atoms with E-state index >= 15 is 0 Å². The van der Waals surface area contributed by atoms with Crippen molar-refractivity contribution in [1.29, 1.82) is 0 Å². The van der Waals surface area contributed by atoms with Crippen LogP contribution in [0.1, 0.15) is 39.0 Å². The van der Waals surface area contributed by atoms with E-state index < -0.39 is 7.60 Å². The molecule has 0 fully saturated rings. The summed E-state index contributed by atoms with van der Waals surface area (Å²) >= 11 is 0.0588. The van der Waals surface area contributed by atoms with Gasteiger partial charge in [0.25, 0.3) is 0 Å². The van der Waals surface area contributed by atoms with E-state index in [0.29, 0.717) is 11.5 Å². The van der Waals surface area contributed by atoms with Crippen molar-refractivity contribution < 1.29 is 13.6 Å². The summed E-state index contributed by atoms with van der Waals surface area (Å²) in [6.07, 6.45) is 5.54. The molecule has 3 rings (SSSR count). The van der Waals surface area contributed by atoms with Crippen molar-refractivity contribution in [1.82, 2.24) is 0 Å². The number of hydrogen-bond acceptors (Lipinski definition) is 3. The zero-order valence-electron chi connectivity index (χ0n) is 17.9. The molecule has 0 saturated carbocycles. The Morgan fingerprint density at radius 3 is 1.81 bits per heavy atom. The molecule has 3 nitrogen and oxygen atoms in total. The molecule has 5 heteroatoms. The van der Waals surface area contributed by atoms with E-state index in [1.807, 2.05) is 54.6 Å². The second-order valence-corrected chi connectivity index (χ2v) is 11.4. The van der Waals surface area contributed by atoms with Crippen molar-refractivity contribution in [3.05, 3.63) is 101 Å². The van der Waals surface area contributed by atoms with Crippen molar-refractivity contribution in [3.63, 3.8) is 0 Å². The normalized spacial score (nSPS) is 11.8. The molecule has 0 radical (unpaired) electrons. The first-order valence-corrected chi connectivity index (χ1v) is 14.0. The summed E-state index contributed by atoms with van der Waals surface area (Å²) in [6, 6.07) is 28.9. The summed E-state index contributed by atoms with van der Waals surface area (Å²) in [6.45, 7) is 2.21. The molecule has 0 N–H and O–H groups in total. The number of unbranched alkanes of at least 4 members (excludes halogenated alkanes) is 3. The third-order valence-electron chi connectivity index (χ3n) is 4.52. The van der Waals surface area contributed by atoms with Gasteiger partial charge in [-0.05, 0) is 0 Å². The standard InChI is InChI=1S/C26H29O3PSe/c1-2-3-4-12-21-26(31-25-19-13-7-14-20-25)22-30(27,28-23-15-8-5-9-16-23)29-24-17-10-6-11-18-24/h5-11,13-20,22H,2-4,12,21H2,1H3/b26-22-. The van der Waals surface area contributed by atoms with E-state index in [1.165, 1.54) is 23.7 Å². The Morgan fingerprint density at radius 1 is 0.774 bits per heavy atom. The topological polar surface area (TPSA) is 35.5 Å². The van der Waals surface area contributed by atoms with Crippen LogP contribution in [0.5, 0.6) is 11.5 Å². The van der Waals surface area contributed by atoms with Gasteiger partial charge in [-0.25, -0.2) is 0 Å². The molecule has 0 aromatic heterocycles. The van der Waals surface area contributed by atoms with E-state index in [2.05, 4.69) is 19.1 Å². The van der Waals surface area contributed by atoms with Crippen molar-refractivity contribution >= 4 is 27.0 Å². The second-order valence-electron chi connectivity index (χ2n) is 7.17. The molecule has 0 atom stereocenters. The monoisotopic (exact) mass is 500 g/mol. The Labute approximate surface area is 192 Å². The third kappa shape index (κ3) is 8.42. The third-order valence-corrected chi connectivity index (χ3v) is 8.76. The molecule has 3 aromatic carbocycles. The van der Waals surface area contributed by atoms with Crippen molar-refractivity contribution in [2.75, 3.05) is 0 Å². The quantitative estimate of drug-likeness (QED) is 0.150. The van der Waals surface area contributed by atoms with Crippen LogP contribution in [0.4, 0.5) is 0 Å². The van der Waals surface area contributed by atoms with Crippen LogP contribution in [-0.2, 0) is 4.57 Å². The van der Waals surface area contributed by atoms with Gasteiger partial charge in [0, 0.05) is 0 Å². The van der Waals surface area contributed by atoms with Gasteiger partial charge < -0.3 is 0 Å². The maximum atomic E-state index is 13.9. The molecule has 0 heterocycles. The van der Waals surface area contributed by atoms with Crippen LogP contribution >= 0.6 is 7.60 Å². The summed E-state index contributed by atoms with van der Waals surface area (Å²) in [7, 11) is -3.56. The first kappa shape index (κ1) is 23.4. The van der Waals surface area contributed by atoms with Crippen LogP contribution in [0.25, 0.3) is 0 Å². The Bertz CT molecular complexity index is 930. The Morgan fingerprint density at radius 2 is 1.29 bits per heavy atom. The molecule has 0 unspecified atom stereocenters. The summed E-state index contributed by atoms with van der Waals surface area (Å²) < 4.78 is 28.3. The van der Waals surface area contributed by atoms with Crippen molar-refractivity contribution in [2.45, 2.75) is 39.0 Å². The molecule has 0 aliphatic carbocycles. The van der Waals surface area contributed by atoms with Gasteiger partial charge in [0.2, 0.25) is 0 Å². The zero-order chi connectivity index (χ0) is 21.8.